The average molecular weight is 462 g/mol. The van der Waals surface area contributed by atoms with Crippen LogP contribution in [0.1, 0.15) is 39.4 Å². The van der Waals surface area contributed by atoms with Gasteiger partial charge in [-0.3, -0.25) is 0 Å². The molecule has 0 radical (unpaired) electrons. The van der Waals surface area contributed by atoms with E-state index in [0.29, 0.717) is 11.8 Å². The van der Waals surface area contributed by atoms with Crippen molar-refractivity contribution in [2.45, 2.75) is 11.3 Å². The Morgan fingerprint density at radius 2 is 1.09 bits per heavy atom. The fourth-order valence-corrected chi connectivity index (χ4v) is 4.66. The maximum atomic E-state index is 5.82. The van der Waals surface area contributed by atoms with Gasteiger partial charge >= 0.3 is 0 Å². The standard InChI is InChI=1S/C31H24ClNO/c32-22-29-23-34-30(33-29)21-18-24-16-19-28(20-17-24)31(25-10-4-1-5-11-25,26-12-6-2-7-13-26)27-14-8-3-9-15-27/h1-21,23H,22H2. The highest BCUT2D eigenvalue weighted by atomic mass is 35.5. The molecule has 0 saturated carbocycles. The lowest BCUT2D eigenvalue weighted by Gasteiger charge is -2.36. The van der Waals surface area contributed by atoms with E-state index in [1.807, 2.05) is 12.2 Å². The minimum Gasteiger partial charge on any atom is -0.445 e. The minimum atomic E-state index is -0.441. The first-order chi connectivity index (χ1) is 16.8. The van der Waals surface area contributed by atoms with Crippen LogP contribution in [0.4, 0.5) is 0 Å². The summed E-state index contributed by atoms with van der Waals surface area (Å²) in [7, 11) is 0. The predicted octanol–water partition coefficient (Wildman–Crippen LogP) is 7.97. The molecular weight excluding hydrogens is 438 g/mol. The van der Waals surface area contributed by atoms with E-state index in [1.54, 1.807) is 6.26 Å². The number of benzene rings is 4. The molecule has 4 aromatic carbocycles. The molecule has 0 atom stereocenters. The summed E-state index contributed by atoms with van der Waals surface area (Å²) < 4.78 is 5.45. The van der Waals surface area contributed by atoms with Gasteiger partial charge in [-0.05, 0) is 33.9 Å². The second-order valence-electron chi connectivity index (χ2n) is 8.11. The maximum absolute atomic E-state index is 5.82. The molecule has 166 valence electrons. The van der Waals surface area contributed by atoms with Gasteiger partial charge in [0.25, 0.3) is 0 Å². The summed E-state index contributed by atoms with van der Waals surface area (Å²) in [5, 5.41) is 0. The number of alkyl halides is 1. The van der Waals surface area contributed by atoms with Gasteiger partial charge in [-0.2, -0.15) is 0 Å². The number of nitrogens with zero attached hydrogens (tertiary/aromatic N) is 1. The molecule has 0 spiro atoms. The molecule has 3 heteroatoms. The Labute approximate surface area is 205 Å². The topological polar surface area (TPSA) is 26.0 Å². The minimum absolute atomic E-state index is 0.340. The highest BCUT2D eigenvalue weighted by Gasteiger charge is 2.37. The molecule has 0 amide bonds. The molecular formula is C31H24ClNO. The summed E-state index contributed by atoms with van der Waals surface area (Å²) in [5.41, 5.74) is 6.24. The van der Waals surface area contributed by atoms with E-state index in [9.17, 15) is 0 Å². The molecule has 0 bridgehead atoms. The van der Waals surface area contributed by atoms with Gasteiger partial charge in [0.1, 0.15) is 6.26 Å². The Morgan fingerprint density at radius 3 is 1.53 bits per heavy atom. The number of hydrogen-bond acceptors (Lipinski definition) is 2. The number of halogens is 1. The molecule has 1 aromatic heterocycles. The normalized spacial score (nSPS) is 11.7. The van der Waals surface area contributed by atoms with Gasteiger partial charge in [0.15, 0.2) is 0 Å². The largest absolute Gasteiger partial charge is 0.445 e. The van der Waals surface area contributed by atoms with Crippen molar-refractivity contribution >= 4 is 23.8 Å². The van der Waals surface area contributed by atoms with Crippen molar-refractivity contribution in [2.75, 3.05) is 0 Å². The van der Waals surface area contributed by atoms with Gasteiger partial charge in [0, 0.05) is 6.08 Å². The maximum Gasteiger partial charge on any atom is 0.218 e. The number of rotatable bonds is 7. The molecule has 0 aliphatic heterocycles. The van der Waals surface area contributed by atoms with Crippen molar-refractivity contribution < 1.29 is 4.42 Å². The van der Waals surface area contributed by atoms with Crippen LogP contribution in [0, 0.1) is 0 Å². The van der Waals surface area contributed by atoms with E-state index in [-0.39, 0.29) is 0 Å². The van der Waals surface area contributed by atoms with Crippen LogP contribution in [0.2, 0.25) is 0 Å². The smallest absolute Gasteiger partial charge is 0.218 e. The summed E-state index contributed by atoms with van der Waals surface area (Å²) in [6, 6.07) is 40.8. The van der Waals surface area contributed by atoms with Crippen molar-refractivity contribution in [1.29, 1.82) is 0 Å². The molecule has 0 aliphatic rings. The number of oxazole rings is 1. The summed E-state index contributed by atoms with van der Waals surface area (Å²) in [6.45, 7) is 0. The summed E-state index contributed by atoms with van der Waals surface area (Å²) in [6.07, 6.45) is 5.45. The average Bonchev–Trinajstić information content (AvgIpc) is 3.39. The van der Waals surface area contributed by atoms with Crippen LogP contribution in [0.25, 0.3) is 12.2 Å². The van der Waals surface area contributed by atoms with Gasteiger partial charge in [0.05, 0.1) is 17.0 Å². The van der Waals surface area contributed by atoms with Gasteiger partial charge in [-0.1, -0.05) is 115 Å². The van der Waals surface area contributed by atoms with Crippen molar-refractivity contribution in [3.63, 3.8) is 0 Å². The fourth-order valence-electron chi connectivity index (χ4n) is 4.54. The van der Waals surface area contributed by atoms with Crippen LogP contribution in [0.15, 0.2) is 126 Å². The van der Waals surface area contributed by atoms with Crippen LogP contribution in [0.5, 0.6) is 0 Å². The first-order valence-corrected chi connectivity index (χ1v) is 11.8. The lowest BCUT2D eigenvalue weighted by atomic mass is 9.65. The molecule has 2 nitrogen and oxygen atoms in total. The van der Waals surface area contributed by atoms with Crippen LogP contribution in [-0.2, 0) is 11.3 Å². The monoisotopic (exact) mass is 461 g/mol. The molecule has 0 fully saturated rings. The quantitative estimate of drug-likeness (QED) is 0.181. The van der Waals surface area contributed by atoms with Crippen molar-refractivity contribution in [3.05, 3.63) is 161 Å². The first-order valence-electron chi connectivity index (χ1n) is 11.3. The van der Waals surface area contributed by atoms with Gasteiger partial charge in [0.2, 0.25) is 5.89 Å². The highest BCUT2D eigenvalue weighted by Crippen LogP contribution is 2.45. The Bertz CT molecular complexity index is 1260. The van der Waals surface area contributed by atoms with E-state index in [0.717, 1.165) is 11.3 Å². The number of aromatic nitrogens is 1. The Morgan fingerprint density at radius 1 is 0.618 bits per heavy atom. The Kier molecular flexibility index (Phi) is 6.42. The zero-order chi connectivity index (χ0) is 23.2. The summed E-state index contributed by atoms with van der Waals surface area (Å²) in [5.74, 6) is 0.888. The third-order valence-electron chi connectivity index (χ3n) is 6.09. The van der Waals surface area contributed by atoms with Crippen LogP contribution < -0.4 is 0 Å². The predicted molar refractivity (Wildman–Crippen MR) is 140 cm³/mol. The van der Waals surface area contributed by atoms with E-state index < -0.39 is 5.41 Å². The zero-order valence-electron chi connectivity index (χ0n) is 18.6. The van der Waals surface area contributed by atoms with Crippen molar-refractivity contribution in [2.24, 2.45) is 0 Å². The second kappa shape index (κ2) is 9.94. The molecule has 5 rings (SSSR count). The van der Waals surface area contributed by atoms with Gasteiger partial charge in [-0.15, -0.1) is 11.6 Å². The molecule has 1 heterocycles. The SMILES string of the molecule is ClCc1coc(C=Cc2ccc(C(c3ccccc3)(c3ccccc3)c3ccccc3)cc2)n1. The van der Waals surface area contributed by atoms with Crippen molar-refractivity contribution in [3.8, 4) is 0 Å². The Balaban J connectivity index is 1.64. The highest BCUT2D eigenvalue weighted by molar-refractivity contribution is 6.16. The molecule has 0 N–H and O–H groups in total. The fraction of sp³-hybridized carbons (Fsp3) is 0.0645. The third kappa shape index (κ3) is 4.21. The van der Waals surface area contributed by atoms with E-state index in [1.165, 1.54) is 22.3 Å². The third-order valence-corrected chi connectivity index (χ3v) is 6.36. The molecule has 0 aliphatic carbocycles. The summed E-state index contributed by atoms with van der Waals surface area (Å²) >= 11 is 5.82. The van der Waals surface area contributed by atoms with Crippen LogP contribution >= 0.6 is 11.6 Å². The Hall–Kier alpha value is -3.88. The van der Waals surface area contributed by atoms with Gasteiger partial charge in [-0.25, -0.2) is 4.98 Å². The zero-order valence-corrected chi connectivity index (χ0v) is 19.4. The second-order valence-corrected chi connectivity index (χ2v) is 8.38. The molecule has 34 heavy (non-hydrogen) atoms. The van der Waals surface area contributed by atoms with Crippen LogP contribution in [-0.4, -0.2) is 4.98 Å². The van der Waals surface area contributed by atoms with E-state index in [2.05, 4.69) is 120 Å². The van der Waals surface area contributed by atoms with Crippen molar-refractivity contribution in [1.82, 2.24) is 4.98 Å². The lowest BCUT2D eigenvalue weighted by molar-refractivity contribution is 0.546. The first kappa shape index (κ1) is 21.9. The van der Waals surface area contributed by atoms with Gasteiger partial charge < -0.3 is 4.42 Å². The molecule has 0 unspecified atom stereocenters. The lowest BCUT2D eigenvalue weighted by Crippen LogP contribution is -2.30. The molecule has 0 saturated heterocycles. The van der Waals surface area contributed by atoms with E-state index >= 15 is 0 Å². The van der Waals surface area contributed by atoms with Crippen LogP contribution in [0.3, 0.4) is 0 Å². The summed E-state index contributed by atoms with van der Waals surface area (Å²) in [4.78, 5) is 4.33. The number of hydrogen-bond donors (Lipinski definition) is 0. The molecule has 5 aromatic rings. The van der Waals surface area contributed by atoms with E-state index in [4.69, 9.17) is 16.0 Å².